The van der Waals surface area contributed by atoms with Crippen LogP contribution in [0.1, 0.15) is 213 Å². The fourth-order valence-electron chi connectivity index (χ4n) is 6.76. The topological polar surface area (TPSA) is 108 Å². The number of nitrogens with zero attached hydrogens (tertiary/aromatic N) is 1. The Morgan fingerprint density at radius 3 is 1.49 bits per heavy atom. The Hall–Kier alpha value is -1.28. The molecule has 0 aromatic heterocycles. The number of phosphoric acid groups is 1. The minimum absolute atomic E-state index is 0.00807. The van der Waals surface area contributed by atoms with Gasteiger partial charge in [-0.15, -0.1) is 0 Å². The first-order valence-electron chi connectivity index (χ1n) is 23.9. The summed E-state index contributed by atoms with van der Waals surface area (Å²) < 4.78 is 23.2. The van der Waals surface area contributed by atoms with Crippen LogP contribution in [0.4, 0.5) is 0 Å². The highest BCUT2D eigenvalue weighted by Crippen LogP contribution is 2.38. The summed E-state index contributed by atoms with van der Waals surface area (Å²) in [4.78, 5) is 25.2. The van der Waals surface area contributed by atoms with Crippen molar-refractivity contribution in [2.45, 2.75) is 225 Å². The molecule has 0 bridgehead atoms. The third kappa shape index (κ3) is 42.6. The first-order valence-corrected chi connectivity index (χ1v) is 25.3. The number of phosphoric ester groups is 1. The second-order valence-electron chi connectivity index (χ2n) is 17.5. The van der Waals surface area contributed by atoms with E-state index in [9.17, 15) is 19.4 Å². The minimum Gasteiger partial charge on any atom is -0.756 e. The number of nitrogens with one attached hydrogen (secondary N) is 1. The molecule has 0 aromatic carbocycles. The van der Waals surface area contributed by atoms with E-state index in [1.807, 2.05) is 27.2 Å². The Morgan fingerprint density at radius 2 is 1.02 bits per heavy atom. The lowest BCUT2D eigenvalue weighted by Gasteiger charge is -2.29. The Bertz CT molecular complexity index is 1030. The molecule has 8 nitrogen and oxygen atoms in total. The highest BCUT2D eigenvalue weighted by atomic mass is 31.2. The van der Waals surface area contributed by atoms with Gasteiger partial charge >= 0.3 is 0 Å². The molecule has 0 aromatic rings. The van der Waals surface area contributed by atoms with Crippen molar-refractivity contribution in [2.75, 3.05) is 40.9 Å². The quantitative estimate of drug-likeness (QED) is 0.0274. The number of quaternary nitrogens is 1. The molecular weight excluding hydrogens is 732 g/mol. The molecule has 0 aliphatic heterocycles. The molecule has 0 heterocycles. The molecule has 57 heavy (non-hydrogen) atoms. The van der Waals surface area contributed by atoms with Crippen molar-refractivity contribution in [3.05, 3.63) is 36.5 Å². The molecule has 0 radical (unpaired) electrons. The van der Waals surface area contributed by atoms with Crippen LogP contribution in [0.2, 0.25) is 0 Å². The molecule has 0 aliphatic carbocycles. The highest BCUT2D eigenvalue weighted by Gasteiger charge is 2.23. The number of carbonyl (C=O) groups excluding carboxylic acids is 1. The molecule has 0 saturated heterocycles. The summed E-state index contributed by atoms with van der Waals surface area (Å²) in [6, 6.07) is -0.905. The van der Waals surface area contributed by atoms with E-state index in [0.29, 0.717) is 17.4 Å². The van der Waals surface area contributed by atoms with Crippen LogP contribution >= 0.6 is 7.82 Å². The predicted octanol–water partition coefficient (Wildman–Crippen LogP) is 12.8. The smallest absolute Gasteiger partial charge is 0.268 e. The Morgan fingerprint density at radius 1 is 0.596 bits per heavy atom. The number of allylic oxidation sites excluding steroid dienone is 5. The van der Waals surface area contributed by atoms with Crippen molar-refractivity contribution in [2.24, 2.45) is 0 Å². The number of likely N-dealkylation sites (N-methyl/N-ethyl adjacent to an activating group) is 1. The number of carbonyl (C=O) groups is 1. The minimum atomic E-state index is -4.59. The maximum Gasteiger partial charge on any atom is 0.268 e. The predicted molar refractivity (Wildman–Crippen MR) is 242 cm³/mol. The maximum atomic E-state index is 12.8. The number of aliphatic hydroxyl groups is 1. The van der Waals surface area contributed by atoms with Crippen molar-refractivity contribution in [3.8, 4) is 0 Å². The summed E-state index contributed by atoms with van der Waals surface area (Å²) in [5, 5.41) is 13.7. The zero-order valence-electron chi connectivity index (χ0n) is 38.0. The average molecular weight is 825 g/mol. The standard InChI is InChI=1S/C48H93N2O6P/c1-6-8-10-12-14-16-18-19-20-21-22-23-24-25-26-27-28-29-30-31-32-33-35-37-39-41-47(51)46(45-56-57(53,54)55-44-43-50(3,4)5)49-48(52)42-40-38-36-34-17-15-13-11-9-7-2/h11,13,32-33,39,41,46-47,51H,6-10,12,14-31,34-38,40,42-45H2,1-5H3,(H-,49,52,53,54)/b13-11-,33-32+,41-39+. The lowest BCUT2D eigenvalue weighted by atomic mass is 10.0. The zero-order chi connectivity index (χ0) is 42.1. The summed E-state index contributed by atoms with van der Waals surface area (Å²) >= 11 is 0. The maximum absolute atomic E-state index is 12.8. The second-order valence-corrected chi connectivity index (χ2v) is 18.9. The fourth-order valence-corrected chi connectivity index (χ4v) is 7.48. The molecule has 0 fully saturated rings. The van der Waals surface area contributed by atoms with E-state index >= 15 is 0 Å². The molecule has 2 N–H and O–H groups in total. The molecule has 3 atom stereocenters. The van der Waals surface area contributed by atoms with E-state index < -0.39 is 26.6 Å². The molecule has 0 aliphatic rings. The van der Waals surface area contributed by atoms with E-state index in [2.05, 4.69) is 43.5 Å². The van der Waals surface area contributed by atoms with Gasteiger partial charge in [0.25, 0.3) is 7.82 Å². The highest BCUT2D eigenvalue weighted by molar-refractivity contribution is 7.45. The van der Waals surface area contributed by atoms with E-state index in [1.54, 1.807) is 6.08 Å². The van der Waals surface area contributed by atoms with E-state index in [-0.39, 0.29) is 12.5 Å². The molecule has 1 amide bonds. The first-order chi connectivity index (χ1) is 27.5. The van der Waals surface area contributed by atoms with Gasteiger partial charge in [-0.3, -0.25) is 9.36 Å². The van der Waals surface area contributed by atoms with Gasteiger partial charge in [-0.05, 0) is 51.4 Å². The van der Waals surface area contributed by atoms with Gasteiger partial charge in [-0.25, -0.2) is 0 Å². The van der Waals surface area contributed by atoms with Gasteiger partial charge in [0.15, 0.2) is 0 Å². The molecule has 3 unspecified atom stereocenters. The Labute approximate surface area is 353 Å². The third-order valence-electron chi connectivity index (χ3n) is 10.6. The van der Waals surface area contributed by atoms with Crippen LogP contribution < -0.4 is 10.2 Å². The Balaban J connectivity index is 4.27. The molecule has 9 heteroatoms. The van der Waals surface area contributed by atoms with Gasteiger partial charge in [0.1, 0.15) is 13.2 Å². The summed E-state index contributed by atoms with van der Waals surface area (Å²) in [5.74, 6) is -0.219. The van der Waals surface area contributed by atoms with Crippen LogP contribution in [-0.4, -0.2) is 68.5 Å². The van der Waals surface area contributed by atoms with Gasteiger partial charge in [-0.2, -0.15) is 0 Å². The third-order valence-corrected chi connectivity index (χ3v) is 11.5. The number of hydrogen-bond donors (Lipinski definition) is 2. The summed E-state index contributed by atoms with van der Waals surface area (Å²) in [6.07, 6.45) is 49.4. The largest absolute Gasteiger partial charge is 0.756 e. The van der Waals surface area contributed by atoms with Gasteiger partial charge in [0.05, 0.1) is 39.9 Å². The van der Waals surface area contributed by atoms with Gasteiger partial charge < -0.3 is 28.8 Å². The summed E-state index contributed by atoms with van der Waals surface area (Å²) in [6.45, 7) is 4.56. The van der Waals surface area contributed by atoms with Crippen molar-refractivity contribution >= 4 is 13.7 Å². The van der Waals surface area contributed by atoms with Crippen molar-refractivity contribution in [3.63, 3.8) is 0 Å². The summed E-state index contributed by atoms with van der Waals surface area (Å²) in [5.41, 5.74) is 0. The fraction of sp³-hybridized carbons (Fsp3) is 0.854. The normalized spacial score (nSPS) is 14.6. The van der Waals surface area contributed by atoms with Crippen LogP contribution in [0.15, 0.2) is 36.5 Å². The molecular formula is C48H93N2O6P. The number of rotatable bonds is 43. The zero-order valence-corrected chi connectivity index (χ0v) is 38.9. The second kappa shape index (κ2) is 40.1. The number of aliphatic hydroxyl groups excluding tert-OH is 1. The van der Waals surface area contributed by atoms with Gasteiger partial charge in [0.2, 0.25) is 5.91 Å². The molecule has 336 valence electrons. The molecule has 0 rings (SSSR count). The lowest BCUT2D eigenvalue weighted by Crippen LogP contribution is -2.45. The van der Waals surface area contributed by atoms with Crippen LogP contribution in [0.3, 0.4) is 0 Å². The SMILES string of the molecule is CCC/C=C\CCCCCCCC(=O)NC(COP(=O)([O-])OCC[N+](C)(C)C)C(O)/C=C/CC/C=C/CCCCCCCCCCCCCCCCCCCCC. The summed E-state index contributed by atoms with van der Waals surface area (Å²) in [7, 11) is 1.24. The monoisotopic (exact) mass is 825 g/mol. The van der Waals surface area contributed by atoms with E-state index in [0.717, 1.165) is 64.2 Å². The van der Waals surface area contributed by atoms with Crippen molar-refractivity contribution in [1.29, 1.82) is 0 Å². The molecule has 0 spiro atoms. The number of hydrogen-bond acceptors (Lipinski definition) is 6. The van der Waals surface area contributed by atoms with Crippen LogP contribution in [0, 0.1) is 0 Å². The number of unbranched alkanes of at least 4 members (excludes halogenated alkanes) is 26. The van der Waals surface area contributed by atoms with Crippen molar-refractivity contribution in [1.82, 2.24) is 5.32 Å². The van der Waals surface area contributed by atoms with Gasteiger partial charge in [-0.1, -0.05) is 192 Å². The van der Waals surface area contributed by atoms with Crippen LogP contribution in [-0.2, 0) is 18.4 Å². The van der Waals surface area contributed by atoms with Crippen LogP contribution in [0.25, 0.3) is 0 Å². The first kappa shape index (κ1) is 55.7. The van der Waals surface area contributed by atoms with Crippen LogP contribution in [0.5, 0.6) is 0 Å². The van der Waals surface area contributed by atoms with Crippen molar-refractivity contribution < 1.29 is 32.9 Å². The lowest BCUT2D eigenvalue weighted by molar-refractivity contribution is -0.870. The average Bonchev–Trinajstić information content (AvgIpc) is 3.16. The van der Waals surface area contributed by atoms with Gasteiger partial charge in [0, 0.05) is 6.42 Å². The number of amides is 1. The van der Waals surface area contributed by atoms with E-state index in [1.165, 1.54) is 128 Å². The van der Waals surface area contributed by atoms with E-state index in [4.69, 9.17) is 9.05 Å². The Kier molecular flexibility index (Phi) is 39.2. The molecule has 0 saturated carbocycles.